The molecule has 82 valence electrons. The standard InChI is InChI=1S/C12H9N5/c1-8(2)11-14-16-12(17-15-11)10-6-4-3-5-9(10)7-13/h3-6H,1H2,2H3. The Morgan fingerprint density at radius 3 is 2.41 bits per heavy atom. The van der Waals surface area contributed by atoms with E-state index in [0.29, 0.717) is 28.3 Å². The molecule has 1 aromatic heterocycles. The molecule has 0 atom stereocenters. The van der Waals surface area contributed by atoms with Crippen LogP contribution in [-0.2, 0) is 0 Å². The normalized spacial score (nSPS) is 9.65. The van der Waals surface area contributed by atoms with Crippen molar-refractivity contribution in [2.75, 3.05) is 0 Å². The first-order chi connectivity index (χ1) is 8.22. The van der Waals surface area contributed by atoms with Crippen LogP contribution < -0.4 is 0 Å². The fraction of sp³-hybridized carbons (Fsp3) is 0.0833. The molecule has 1 heterocycles. The second-order valence-electron chi connectivity index (χ2n) is 3.48. The maximum Gasteiger partial charge on any atom is 0.204 e. The number of benzene rings is 1. The summed E-state index contributed by atoms with van der Waals surface area (Å²) in [6.45, 7) is 5.48. The lowest BCUT2D eigenvalue weighted by Crippen LogP contribution is -2.01. The summed E-state index contributed by atoms with van der Waals surface area (Å²) in [5.41, 5.74) is 1.83. The van der Waals surface area contributed by atoms with Gasteiger partial charge in [-0.05, 0) is 24.6 Å². The predicted octanol–water partition coefficient (Wildman–Crippen LogP) is 1.84. The highest BCUT2D eigenvalue weighted by Crippen LogP contribution is 2.17. The van der Waals surface area contributed by atoms with Gasteiger partial charge in [-0.25, -0.2) is 0 Å². The fourth-order valence-corrected chi connectivity index (χ4v) is 1.28. The summed E-state index contributed by atoms with van der Waals surface area (Å²) < 4.78 is 0. The molecule has 0 aliphatic carbocycles. The molecule has 0 unspecified atom stereocenters. The van der Waals surface area contributed by atoms with E-state index in [4.69, 9.17) is 5.26 Å². The number of nitriles is 1. The van der Waals surface area contributed by atoms with Crippen molar-refractivity contribution in [3.63, 3.8) is 0 Å². The summed E-state index contributed by atoms with van der Waals surface area (Å²) in [6.07, 6.45) is 0. The monoisotopic (exact) mass is 223 g/mol. The van der Waals surface area contributed by atoms with Crippen LogP contribution in [0.4, 0.5) is 0 Å². The molecule has 5 heteroatoms. The Balaban J connectivity index is 2.47. The molecule has 1 aromatic carbocycles. The van der Waals surface area contributed by atoms with Crippen molar-refractivity contribution in [2.45, 2.75) is 6.92 Å². The van der Waals surface area contributed by atoms with Gasteiger partial charge in [0.25, 0.3) is 0 Å². The molecule has 0 aliphatic heterocycles. The molecule has 0 amide bonds. The average molecular weight is 223 g/mol. The molecular weight excluding hydrogens is 214 g/mol. The molecule has 0 aliphatic rings. The van der Waals surface area contributed by atoms with Crippen molar-refractivity contribution in [1.82, 2.24) is 20.4 Å². The zero-order chi connectivity index (χ0) is 12.3. The Labute approximate surface area is 98.5 Å². The van der Waals surface area contributed by atoms with Crippen molar-refractivity contribution in [3.8, 4) is 17.5 Å². The lowest BCUT2D eigenvalue weighted by Gasteiger charge is -2.01. The smallest absolute Gasteiger partial charge is 0.192 e. The van der Waals surface area contributed by atoms with Gasteiger partial charge in [0.05, 0.1) is 11.6 Å². The molecule has 2 aromatic rings. The molecule has 0 bridgehead atoms. The number of allylic oxidation sites excluding steroid dienone is 1. The van der Waals surface area contributed by atoms with Crippen molar-refractivity contribution in [3.05, 3.63) is 42.2 Å². The van der Waals surface area contributed by atoms with E-state index in [1.165, 1.54) is 0 Å². The van der Waals surface area contributed by atoms with Crippen LogP contribution in [0.5, 0.6) is 0 Å². The minimum atomic E-state index is 0.340. The Morgan fingerprint density at radius 2 is 1.82 bits per heavy atom. The SMILES string of the molecule is C=C(C)c1nnc(-c2ccccc2C#N)nn1. The van der Waals surface area contributed by atoms with Crippen LogP contribution in [0.15, 0.2) is 30.8 Å². The third kappa shape index (κ3) is 2.16. The molecule has 0 spiro atoms. The zero-order valence-electron chi connectivity index (χ0n) is 9.25. The van der Waals surface area contributed by atoms with Gasteiger partial charge in [-0.1, -0.05) is 18.7 Å². The van der Waals surface area contributed by atoms with Crippen LogP contribution in [0.1, 0.15) is 18.3 Å². The van der Waals surface area contributed by atoms with Gasteiger partial charge in [0.2, 0.25) is 5.82 Å². The first-order valence-corrected chi connectivity index (χ1v) is 4.95. The second-order valence-corrected chi connectivity index (χ2v) is 3.48. The number of rotatable bonds is 2. The minimum absolute atomic E-state index is 0.340. The molecule has 0 saturated carbocycles. The largest absolute Gasteiger partial charge is 0.204 e. The lowest BCUT2D eigenvalue weighted by molar-refractivity contribution is 0.843. The molecule has 2 rings (SSSR count). The first kappa shape index (κ1) is 10.9. The predicted molar refractivity (Wildman–Crippen MR) is 62.5 cm³/mol. The summed E-state index contributed by atoms with van der Waals surface area (Å²) in [6, 6.07) is 9.13. The molecular formula is C12H9N5. The van der Waals surface area contributed by atoms with Gasteiger partial charge in [0.1, 0.15) is 0 Å². The topological polar surface area (TPSA) is 75.3 Å². The molecule has 5 nitrogen and oxygen atoms in total. The minimum Gasteiger partial charge on any atom is -0.192 e. The summed E-state index contributed by atoms with van der Waals surface area (Å²) in [5, 5.41) is 24.6. The van der Waals surface area contributed by atoms with Gasteiger partial charge in [0, 0.05) is 5.56 Å². The summed E-state index contributed by atoms with van der Waals surface area (Å²) in [5.74, 6) is 0.746. The third-order valence-electron chi connectivity index (χ3n) is 2.15. The van der Waals surface area contributed by atoms with Crippen molar-refractivity contribution in [2.24, 2.45) is 0 Å². The lowest BCUT2D eigenvalue weighted by atomic mass is 10.1. The highest BCUT2D eigenvalue weighted by molar-refractivity contribution is 5.63. The van der Waals surface area contributed by atoms with E-state index in [-0.39, 0.29) is 0 Å². The Morgan fingerprint density at radius 1 is 1.18 bits per heavy atom. The van der Waals surface area contributed by atoms with Crippen molar-refractivity contribution >= 4 is 5.57 Å². The van der Waals surface area contributed by atoms with E-state index in [2.05, 4.69) is 33.0 Å². The quantitative estimate of drug-likeness (QED) is 0.776. The second kappa shape index (κ2) is 4.49. The van der Waals surface area contributed by atoms with E-state index < -0.39 is 0 Å². The van der Waals surface area contributed by atoms with Crippen LogP contribution in [0.2, 0.25) is 0 Å². The van der Waals surface area contributed by atoms with Crippen LogP contribution in [0.25, 0.3) is 17.0 Å². The summed E-state index contributed by atoms with van der Waals surface area (Å²) in [7, 11) is 0. The molecule has 0 N–H and O–H groups in total. The summed E-state index contributed by atoms with van der Waals surface area (Å²) >= 11 is 0. The highest BCUT2D eigenvalue weighted by atomic mass is 15.3. The van der Waals surface area contributed by atoms with Crippen molar-refractivity contribution < 1.29 is 0 Å². The Kier molecular flexibility index (Phi) is 2.88. The van der Waals surface area contributed by atoms with Gasteiger partial charge in [-0.2, -0.15) is 5.26 Å². The number of hydrogen-bond acceptors (Lipinski definition) is 5. The van der Waals surface area contributed by atoms with Crippen LogP contribution in [-0.4, -0.2) is 20.4 Å². The number of hydrogen-bond donors (Lipinski definition) is 0. The van der Waals surface area contributed by atoms with E-state index >= 15 is 0 Å². The van der Waals surface area contributed by atoms with Gasteiger partial charge in [0.15, 0.2) is 5.82 Å². The fourth-order valence-electron chi connectivity index (χ4n) is 1.28. The van der Waals surface area contributed by atoms with E-state index in [9.17, 15) is 0 Å². The average Bonchev–Trinajstić information content (AvgIpc) is 2.39. The van der Waals surface area contributed by atoms with Gasteiger partial charge in [-0.15, -0.1) is 20.4 Å². The summed E-state index contributed by atoms with van der Waals surface area (Å²) in [4.78, 5) is 0. The van der Waals surface area contributed by atoms with E-state index in [1.54, 1.807) is 25.1 Å². The first-order valence-electron chi connectivity index (χ1n) is 4.95. The van der Waals surface area contributed by atoms with Crippen LogP contribution >= 0.6 is 0 Å². The van der Waals surface area contributed by atoms with E-state index in [1.807, 2.05) is 6.07 Å². The van der Waals surface area contributed by atoms with E-state index in [0.717, 1.165) is 0 Å². The van der Waals surface area contributed by atoms with Gasteiger partial charge in [-0.3, -0.25) is 0 Å². The Bertz CT molecular complexity index is 595. The van der Waals surface area contributed by atoms with Crippen LogP contribution in [0, 0.1) is 11.3 Å². The maximum atomic E-state index is 8.96. The van der Waals surface area contributed by atoms with Crippen molar-refractivity contribution in [1.29, 1.82) is 5.26 Å². The highest BCUT2D eigenvalue weighted by Gasteiger charge is 2.08. The molecule has 0 fully saturated rings. The van der Waals surface area contributed by atoms with Crippen LogP contribution in [0.3, 0.4) is 0 Å². The third-order valence-corrected chi connectivity index (χ3v) is 2.15. The van der Waals surface area contributed by atoms with Gasteiger partial charge < -0.3 is 0 Å². The van der Waals surface area contributed by atoms with Gasteiger partial charge >= 0.3 is 0 Å². The molecule has 0 saturated heterocycles. The zero-order valence-corrected chi connectivity index (χ0v) is 9.25. The number of nitrogens with zero attached hydrogens (tertiary/aromatic N) is 5. The molecule has 0 radical (unpaired) electrons. The maximum absolute atomic E-state index is 8.96. The number of aromatic nitrogens is 4. The Hall–Kier alpha value is -2.61. The molecule has 17 heavy (non-hydrogen) atoms.